The van der Waals surface area contributed by atoms with E-state index in [4.69, 9.17) is 0 Å². The number of hydrogen-bond donors (Lipinski definition) is 1. The maximum Gasteiger partial charge on any atom is 0.215 e. The first kappa shape index (κ1) is 16.3. The van der Waals surface area contributed by atoms with Crippen molar-refractivity contribution in [1.82, 2.24) is 0 Å². The number of benzene rings is 2. The Morgan fingerprint density at radius 1 is 1.08 bits per heavy atom. The molecule has 2 aromatic rings. The number of aliphatic imine (C=N–C) groups is 1. The van der Waals surface area contributed by atoms with Crippen molar-refractivity contribution >= 4 is 23.3 Å². The monoisotopic (exact) mass is 344 g/mol. The van der Waals surface area contributed by atoms with Gasteiger partial charge in [0.2, 0.25) is 5.78 Å². The smallest absolute Gasteiger partial charge is 0.215 e. The molecular weight excluding hydrogens is 324 g/mol. The van der Waals surface area contributed by atoms with Crippen LogP contribution in [0.1, 0.15) is 35.3 Å². The highest BCUT2D eigenvalue weighted by atomic mass is 16.3. The van der Waals surface area contributed by atoms with E-state index in [1.165, 1.54) is 11.6 Å². The molecule has 1 aliphatic carbocycles. The molecule has 0 unspecified atom stereocenters. The third-order valence-electron chi connectivity index (χ3n) is 5.22. The summed E-state index contributed by atoms with van der Waals surface area (Å²) in [7, 11) is 2.01. The number of Topliss-reactive ketones (excluding diaryl/α,β-unsaturated/α-hetero) is 1. The zero-order valence-corrected chi connectivity index (χ0v) is 15.0. The second-order valence-electron chi connectivity index (χ2n) is 7.13. The highest BCUT2D eigenvalue weighted by Gasteiger charge is 2.38. The van der Waals surface area contributed by atoms with Gasteiger partial charge in [0.25, 0.3) is 0 Å². The van der Waals surface area contributed by atoms with Crippen LogP contribution in [-0.2, 0) is 5.41 Å². The highest BCUT2D eigenvalue weighted by molar-refractivity contribution is 6.52. The molecule has 0 saturated carbocycles. The number of aromatic hydroxyl groups is 1. The summed E-state index contributed by atoms with van der Waals surface area (Å²) in [5.41, 5.74) is 4.57. The predicted octanol–water partition coefficient (Wildman–Crippen LogP) is 4.31. The quantitative estimate of drug-likeness (QED) is 0.838. The van der Waals surface area contributed by atoms with Crippen LogP contribution in [0.25, 0.3) is 6.08 Å². The van der Waals surface area contributed by atoms with Gasteiger partial charge in [-0.15, -0.1) is 0 Å². The minimum Gasteiger partial charge on any atom is -0.507 e. The number of anilines is 1. The van der Waals surface area contributed by atoms with Crippen molar-refractivity contribution < 1.29 is 9.90 Å². The van der Waals surface area contributed by atoms with Crippen molar-refractivity contribution in [3.8, 4) is 5.75 Å². The minimum atomic E-state index is -0.256. The van der Waals surface area contributed by atoms with Crippen molar-refractivity contribution in [2.24, 2.45) is 4.99 Å². The van der Waals surface area contributed by atoms with E-state index >= 15 is 0 Å². The Hall–Kier alpha value is -3.14. The van der Waals surface area contributed by atoms with Gasteiger partial charge in [-0.05, 0) is 29.3 Å². The Labute approximate surface area is 152 Å². The number of carbonyl (C=O) groups excluding carboxylic acids is 1. The van der Waals surface area contributed by atoms with Gasteiger partial charge in [0, 0.05) is 30.0 Å². The van der Waals surface area contributed by atoms with Crippen molar-refractivity contribution in [2.75, 3.05) is 11.9 Å². The summed E-state index contributed by atoms with van der Waals surface area (Å²) >= 11 is 0. The Bertz CT molecular complexity index is 1010. The first-order valence-corrected chi connectivity index (χ1v) is 8.57. The van der Waals surface area contributed by atoms with E-state index in [0.717, 1.165) is 11.4 Å². The lowest BCUT2D eigenvalue weighted by Crippen LogP contribution is -2.23. The SMILES string of the molecule is CN1/C(=C\N=C2C=Cc3cccc(O)c3C2=O)C(C)(C)c2ccccc21. The van der Waals surface area contributed by atoms with Gasteiger partial charge in [-0.3, -0.25) is 9.79 Å². The van der Waals surface area contributed by atoms with Crippen LogP contribution in [0, 0.1) is 0 Å². The van der Waals surface area contributed by atoms with Crippen molar-refractivity contribution in [3.05, 3.63) is 77.1 Å². The number of rotatable bonds is 1. The first-order chi connectivity index (χ1) is 12.4. The Balaban J connectivity index is 1.75. The van der Waals surface area contributed by atoms with Crippen LogP contribution in [0.4, 0.5) is 5.69 Å². The molecule has 0 amide bonds. The molecule has 1 aliphatic heterocycles. The van der Waals surface area contributed by atoms with Crippen LogP contribution >= 0.6 is 0 Å². The number of nitrogens with zero attached hydrogens (tertiary/aromatic N) is 2. The number of para-hydroxylation sites is 1. The van der Waals surface area contributed by atoms with Gasteiger partial charge in [0.05, 0.1) is 5.56 Å². The van der Waals surface area contributed by atoms with Crippen molar-refractivity contribution in [2.45, 2.75) is 19.3 Å². The molecule has 1 N–H and O–H groups in total. The van der Waals surface area contributed by atoms with Gasteiger partial charge in [0.15, 0.2) is 0 Å². The van der Waals surface area contributed by atoms with E-state index in [1.54, 1.807) is 18.3 Å². The lowest BCUT2D eigenvalue weighted by atomic mass is 9.84. The first-order valence-electron chi connectivity index (χ1n) is 8.57. The fourth-order valence-corrected chi connectivity index (χ4v) is 3.78. The number of fused-ring (bicyclic) bond motifs is 2. The van der Waals surface area contributed by atoms with E-state index in [1.807, 2.05) is 31.3 Å². The molecule has 4 nitrogen and oxygen atoms in total. The van der Waals surface area contributed by atoms with Gasteiger partial charge in [-0.1, -0.05) is 50.3 Å². The molecule has 2 aliphatic rings. The Morgan fingerprint density at radius 2 is 1.85 bits per heavy atom. The van der Waals surface area contributed by atoms with Crippen LogP contribution in [0.2, 0.25) is 0 Å². The molecule has 2 aromatic carbocycles. The summed E-state index contributed by atoms with van der Waals surface area (Å²) in [4.78, 5) is 19.3. The van der Waals surface area contributed by atoms with E-state index in [-0.39, 0.29) is 16.9 Å². The van der Waals surface area contributed by atoms with Gasteiger partial charge >= 0.3 is 0 Å². The fraction of sp³-hybridized carbons (Fsp3) is 0.182. The van der Waals surface area contributed by atoms with E-state index in [2.05, 4.69) is 35.9 Å². The number of hydrogen-bond acceptors (Lipinski definition) is 4. The topological polar surface area (TPSA) is 52.9 Å². The lowest BCUT2D eigenvalue weighted by molar-refractivity contribution is 0.106. The summed E-state index contributed by atoms with van der Waals surface area (Å²) in [5, 5.41) is 10.0. The van der Waals surface area contributed by atoms with Crippen LogP contribution in [0.5, 0.6) is 5.75 Å². The summed E-state index contributed by atoms with van der Waals surface area (Å²) < 4.78 is 0. The largest absolute Gasteiger partial charge is 0.507 e. The molecule has 0 fully saturated rings. The van der Waals surface area contributed by atoms with Crippen LogP contribution < -0.4 is 4.90 Å². The van der Waals surface area contributed by atoms with E-state index < -0.39 is 0 Å². The second-order valence-corrected chi connectivity index (χ2v) is 7.13. The van der Waals surface area contributed by atoms with Crippen molar-refractivity contribution in [3.63, 3.8) is 0 Å². The predicted molar refractivity (Wildman–Crippen MR) is 105 cm³/mol. The molecular formula is C22H20N2O2. The molecule has 0 saturated heterocycles. The summed E-state index contributed by atoms with van der Waals surface area (Å²) in [6.07, 6.45) is 5.28. The summed E-state index contributed by atoms with van der Waals surface area (Å²) in [6.45, 7) is 4.31. The van der Waals surface area contributed by atoms with E-state index in [0.29, 0.717) is 16.8 Å². The molecule has 0 atom stereocenters. The molecule has 130 valence electrons. The number of phenolic OH excluding ortho intramolecular Hbond substituents is 1. The minimum absolute atomic E-state index is 0.0112. The second kappa shape index (κ2) is 5.70. The Kier molecular flexibility index (Phi) is 3.58. The van der Waals surface area contributed by atoms with Gasteiger partial charge in [-0.25, -0.2) is 0 Å². The molecule has 1 heterocycles. The van der Waals surface area contributed by atoms with Crippen molar-refractivity contribution in [1.29, 1.82) is 0 Å². The van der Waals surface area contributed by atoms with Crippen LogP contribution in [0.3, 0.4) is 0 Å². The third-order valence-corrected chi connectivity index (χ3v) is 5.22. The standard InChI is InChI=1S/C22H20N2O2/c1-22(2)15-8-4-5-9-17(15)24(3)19(22)13-23-16-12-11-14-7-6-10-18(25)20(14)21(16)26/h4-13,25H,1-3H3/b19-13-,23-16?. The maximum absolute atomic E-state index is 12.7. The van der Waals surface area contributed by atoms with Gasteiger partial charge in [-0.2, -0.15) is 0 Å². The molecule has 0 spiro atoms. The normalized spacial score (nSPS) is 20.6. The molecule has 26 heavy (non-hydrogen) atoms. The molecule has 0 aromatic heterocycles. The maximum atomic E-state index is 12.7. The average Bonchev–Trinajstić information content (AvgIpc) is 2.81. The lowest BCUT2D eigenvalue weighted by Gasteiger charge is -2.23. The molecule has 4 heteroatoms. The third kappa shape index (κ3) is 2.30. The number of phenols is 1. The van der Waals surface area contributed by atoms with Crippen LogP contribution in [0.15, 0.2) is 65.4 Å². The number of carbonyl (C=O) groups is 1. The van der Waals surface area contributed by atoms with Crippen LogP contribution in [-0.4, -0.2) is 23.6 Å². The fourth-order valence-electron chi connectivity index (χ4n) is 3.78. The molecule has 0 radical (unpaired) electrons. The summed E-state index contributed by atoms with van der Waals surface area (Å²) in [5.74, 6) is -0.267. The van der Waals surface area contributed by atoms with Gasteiger partial charge < -0.3 is 10.0 Å². The highest BCUT2D eigenvalue weighted by Crippen LogP contribution is 2.46. The number of allylic oxidation sites excluding steroid dienone is 2. The molecule has 4 rings (SSSR count). The number of ketones is 1. The Morgan fingerprint density at radius 3 is 2.62 bits per heavy atom. The summed E-state index contributed by atoms with van der Waals surface area (Å²) in [6, 6.07) is 13.3. The van der Waals surface area contributed by atoms with E-state index in [9.17, 15) is 9.90 Å². The van der Waals surface area contributed by atoms with Gasteiger partial charge in [0.1, 0.15) is 11.5 Å². The molecule has 0 bridgehead atoms. The number of likely N-dealkylation sites (N-methyl/N-ethyl adjacent to an activating group) is 1. The average molecular weight is 344 g/mol. The zero-order valence-electron chi connectivity index (χ0n) is 15.0. The zero-order chi connectivity index (χ0) is 18.5.